The molecule has 2 heterocycles. The van der Waals surface area contributed by atoms with Crippen LogP contribution in [0.15, 0.2) is 5.38 Å². The number of aromatic nitrogens is 1. The third kappa shape index (κ3) is 3.22. The Hall–Kier alpha value is -0.650. The Morgan fingerprint density at radius 1 is 1.67 bits per heavy atom. The van der Waals surface area contributed by atoms with E-state index in [4.69, 9.17) is 11.6 Å². The van der Waals surface area contributed by atoms with Gasteiger partial charge in [0, 0.05) is 31.4 Å². The molecule has 1 aromatic rings. The summed E-state index contributed by atoms with van der Waals surface area (Å²) in [7, 11) is 0. The summed E-state index contributed by atoms with van der Waals surface area (Å²) in [4.78, 5) is 18.4. The Balaban J connectivity index is 1.90. The average molecular weight is 288 g/mol. The van der Waals surface area contributed by atoms with E-state index in [1.807, 2.05) is 5.38 Å². The third-order valence-electron chi connectivity index (χ3n) is 3.18. The molecule has 0 aliphatic carbocycles. The number of nitrogens with one attached hydrogen (secondary N) is 1. The smallest absolute Gasteiger partial charge is 0.237 e. The van der Waals surface area contributed by atoms with E-state index in [-0.39, 0.29) is 11.9 Å². The summed E-state index contributed by atoms with van der Waals surface area (Å²) >= 11 is 7.38. The van der Waals surface area contributed by atoms with Gasteiger partial charge in [0.05, 0.1) is 22.6 Å². The number of halogens is 1. The van der Waals surface area contributed by atoms with Gasteiger partial charge in [-0.1, -0.05) is 6.92 Å². The van der Waals surface area contributed by atoms with Crippen molar-refractivity contribution in [2.75, 3.05) is 19.6 Å². The topological polar surface area (TPSA) is 45.2 Å². The minimum Gasteiger partial charge on any atom is -0.353 e. The Morgan fingerprint density at radius 2 is 2.50 bits per heavy atom. The number of carbonyl (C=O) groups is 1. The van der Waals surface area contributed by atoms with Gasteiger partial charge in [-0.3, -0.25) is 9.69 Å². The fraction of sp³-hybridized carbons (Fsp3) is 0.667. The summed E-state index contributed by atoms with van der Waals surface area (Å²) < 4.78 is 0. The van der Waals surface area contributed by atoms with Gasteiger partial charge in [0.25, 0.3) is 0 Å². The lowest BCUT2D eigenvalue weighted by atomic mass is 10.1. The Kier molecular flexibility index (Phi) is 4.97. The number of nitrogens with zero attached hydrogens (tertiary/aromatic N) is 2. The first-order chi connectivity index (χ1) is 8.74. The van der Waals surface area contributed by atoms with Crippen molar-refractivity contribution in [3.8, 4) is 0 Å². The van der Waals surface area contributed by atoms with Crippen molar-refractivity contribution < 1.29 is 4.79 Å². The maximum Gasteiger partial charge on any atom is 0.237 e. The summed E-state index contributed by atoms with van der Waals surface area (Å²) in [6.07, 6.45) is 1.75. The van der Waals surface area contributed by atoms with Crippen LogP contribution < -0.4 is 5.32 Å². The van der Waals surface area contributed by atoms with E-state index in [0.29, 0.717) is 5.88 Å². The van der Waals surface area contributed by atoms with Crippen LogP contribution in [0.5, 0.6) is 0 Å². The largest absolute Gasteiger partial charge is 0.353 e. The highest BCUT2D eigenvalue weighted by Crippen LogP contribution is 2.14. The molecule has 1 aliphatic heterocycles. The average Bonchev–Trinajstić information content (AvgIpc) is 2.84. The molecular formula is C12H18ClN3OS. The van der Waals surface area contributed by atoms with Crippen molar-refractivity contribution in [3.63, 3.8) is 0 Å². The number of alkyl halides is 1. The molecule has 0 bridgehead atoms. The molecule has 1 aliphatic rings. The monoisotopic (exact) mass is 287 g/mol. The number of carbonyl (C=O) groups excluding carboxylic acids is 1. The summed E-state index contributed by atoms with van der Waals surface area (Å²) in [6.45, 7) is 4.62. The molecule has 1 unspecified atom stereocenters. The second-order valence-corrected chi connectivity index (χ2v) is 5.58. The van der Waals surface area contributed by atoms with Gasteiger partial charge in [0.2, 0.25) is 5.91 Å². The van der Waals surface area contributed by atoms with E-state index in [0.717, 1.165) is 43.2 Å². The molecule has 0 aromatic carbocycles. The van der Waals surface area contributed by atoms with E-state index < -0.39 is 0 Å². The molecule has 0 radical (unpaired) electrons. The number of thiazole rings is 1. The van der Waals surface area contributed by atoms with Crippen molar-refractivity contribution in [3.05, 3.63) is 16.1 Å². The van der Waals surface area contributed by atoms with Gasteiger partial charge in [0.15, 0.2) is 0 Å². The molecule has 100 valence electrons. The predicted octanol–water partition coefficient (Wildman–Crippen LogP) is 1.63. The van der Waals surface area contributed by atoms with E-state index in [9.17, 15) is 4.79 Å². The first-order valence-electron chi connectivity index (χ1n) is 6.25. The quantitative estimate of drug-likeness (QED) is 0.838. The Bertz CT molecular complexity index is 410. The second-order valence-electron chi connectivity index (χ2n) is 4.37. The number of hydrogen-bond donors (Lipinski definition) is 1. The molecule has 1 amide bonds. The molecule has 0 spiro atoms. The van der Waals surface area contributed by atoms with Crippen LogP contribution in [0.25, 0.3) is 0 Å². The predicted molar refractivity (Wildman–Crippen MR) is 74.0 cm³/mol. The van der Waals surface area contributed by atoms with Crippen LogP contribution in [-0.2, 0) is 17.1 Å². The summed E-state index contributed by atoms with van der Waals surface area (Å²) in [5, 5.41) is 6.02. The highest BCUT2D eigenvalue weighted by molar-refractivity contribution is 7.09. The van der Waals surface area contributed by atoms with E-state index in [1.165, 1.54) is 0 Å². The molecule has 1 aromatic heterocycles. The van der Waals surface area contributed by atoms with Gasteiger partial charge in [-0.2, -0.15) is 0 Å². The van der Waals surface area contributed by atoms with Crippen molar-refractivity contribution in [2.24, 2.45) is 0 Å². The van der Waals surface area contributed by atoms with Gasteiger partial charge in [-0.25, -0.2) is 4.98 Å². The fourth-order valence-corrected chi connectivity index (χ4v) is 3.25. The van der Waals surface area contributed by atoms with Crippen LogP contribution in [0.2, 0.25) is 0 Å². The van der Waals surface area contributed by atoms with Gasteiger partial charge < -0.3 is 5.32 Å². The minimum absolute atomic E-state index is 0.0196. The summed E-state index contributed by atoms with van der Waals surface area (Å²) in [5.41, 5.74) is 0.945. The van der Waals surface area contributed by atoms with E-state index >= 15 is 0 Å². The molecule has 1 N–H and O–H groups in total. The molecule has 4 nitrogen and oxygen atoms in total. The Morgan fingerprint density at radius 3 is 3.17 bits per heavy atom. The third-order valence-corrected chi connectivity index (χ3v) is 4.41. The number of hydrogen-bond acceptors (Lipinski definition) is 4. The molecule has 1 fully saturated rings. The van der Waals surface area contributed by atoms with Gasteiger partial charge in [-0.15, -0.1) is 22.9 Å². The highest BCUT2D eigenvalue weighted by Gasteiger charge is 2.27. The van der Waals surface area contributed by atoms with E-state index in [2.05, 4.69) is 22.1 Å². The molecule has 6 heteroatoms. The first kappa shape index (κ1) is 13.8. The van der Waals surface area contributed by atoms with Crippen molar-refractivity contribution in [2.45, 2.75) is 31.7 Å². The zero-order valence-electron chi connectivity index (χ0n) is 10.5. The van der Waals surface area contributed by atoms with Gasteiger partial charge in [-0.05, 0) is 6.42 Å². The molecule has 0 saturated carbocycles. The van der Waals surface area contributed by atoms with Crippen LogP contribution >= 0.6 is 22.9 Å². The maximum atomic E-state index is 11.7. The zero-order chi connectivity index (χ0) is 13.0. The molecule has 1 atom stereocenters. The van der Waals surface area contributed by atoms with Crippen molar-refractivity contribution in [1.29, 1.82) is 0 Å². The SMILES string of the molecule is CCC1C(=O)NCCN1CCc1nc(CCl)cs1. The highest BCUT2D eigenvalue weighted by atomic mass is 35.5. The van der Waals surface area contributed by atoms with Gasteiger partial charge in [0.1, 0.15) is 0 Å². The molecule has 2 rings (SSSR count). The van der Waals surface area contributed by atoms with Crippen LogP contribution in [0.3, 0.4) is 0 Å². The van der Waals surface area contributed by atoms with Crippen molar-refractivity contribution >= 4 is 28.8 Å². The second kappa shape index (κ2) is 6.50. The molecule has 18 heavy (non-hydrogen) atoms. The van der Waals surface area contributed by atoms with Gasteiger partial charge >= 0.3 is 0 Å². The summed E-state index contributed by atoms with van der Waals surface area (Å²) in [5.74, 6) is 0.629. The number of piperazine rings is 1. The molecule has 1 saturated heterocycles. The first-order valence-corrected chi connectivity index (χ1v) is 7.67. The maximum absolute atomic E-state index is 11.7. The summed E-state index contributed by atoms with van der Waals surface area (Å²) in [6, 6.07) is 0.0196. The lowest BCUT2D eigenvalue weighted by molar-refractivity contribution is -0.129. The van der Waals surface area contributed by atoms with Crippen LogP contribution in [0, 0.1) is 0 Å². The zero-order valence-corrected chi connectivity index (χ0v) is 12.1. The van der Waals surface area contributed by atoms with Crippen molar-refractivity contribution in [1.82, 2.24) is 15.2 Å². The normalized spacial score (nSPS) is 21.0. The number of amides is 1. The standard InChI is InChI=1S/C12H18ClN3OS/c1-2-10-12(17)14-4-6-16(10)5-3-11-15-9(7-13)8-18-11/h8,10H,2-7H2,1H3,(H,14,17). The van der Waals surface area contributed by atoms with Crippen LogP contribution in [-0.4, -0.2) is 41.5 Å². The molecular weight excluding hydrogens is 270 g/mol. The lowest BCUT2D eigenvalue weighted by Gasteiger charge is -2.34. The van der Waals surface area contributed by atoms with Crippen LogP contribution in [0.1, 0.15) is 24.0 Å². The van der Waals surface area contributed by atoms with E-state index in [1.54, 1.807) is 11.3 Å². The lowest BCUT2D eigenvalue weighted by Crippen LogP contribution is -2.55. The number of rotatable bonds is 5. The Labute approximate surface area is 116 Å². The minimum atomic E-state index is 0.0196. The fourth-order valence-electron chi connectivity index (χ4n) is 2.24. The van der Waals surface area contributed by atoms with Crippen LogP contribution in [0.4, 0.5) is 0 Å².